The van der Waals surface area contributed by atoms with Gasteiger partial charge in [0.15, 0.2) is 0 Å². The van der Waals surface area contributed by atoms with Crippen LogP contribution in [-0.2, 0) is 6.42 Å². The molecule has 0 saturated heterocycles. The summed E-state index contributed by atoms with van der Waals surface area (Å²) in [6.45, 7) is 1.05. The Morgan fingerprint density at radius 3 is 3.30 bits per heavy atom. The van der Waals surface area contributed by atoms with Crippen LogP contribution in [0.25, 0.3) is 0 Å². The Bertz CT molecular complexity index is 243. The average Bonchev–Trinajstić information content (AvgIpc) is 2.44. The van der Waals surface area contributed by atoms with Gasteiger partial charge in [0.25, 0.3) is 0 Å². The van der Waals surface area contributed by atoms with Gasteiger partial charge in [-0.3, -0.25) is 5.10 Å². The average molecular weight is 155 g/mol. The molecule has 0 amide bonds. The van der Waals surface area contributed by atoms with Gasteiger partial charge in [0.1, 0.15) is 10.8 Å². The van der Waals surface area contributed by atoms with Gasteiger partial charge in [-0.2, -0.15) is 5.10 Å². The number of anilines is 1. The molecule has 54 valence electrons. The minimum Gasteiger partial charge on any atom is -0.370 e. The maximum atomic E-state index is 4.13. The molecule has 0 bridgehead atoms. The topological polar surface area (TPSA) is 40.7 Å². The van der Waals surface area contributed by atoms with Crippen molar-refractivity contribution in [2.24, 2.45) is 0 Å². The highest BCUT2D eigenvalue weighted by atomic mass is 32.2. The molecular formula is C6H9N3S. The molecule has 1 aliphatic heterocycles. The van der Waals surface area contributed by atoms with Gasteiger partial charge in [-0.15, -0.1) is 11.8 Å². The first kappa shape index (κ1) is 6.09. The lowest BCUT2D eigenvalue weighted by Gasteiger charge is -1.88. The molecule has 1 aromatic rings. The molecule has 3 nitrogen and oxygen atoms in total. The summed E-state index contributed by atoms with van der Waals surface area (Å²) < 4.78 is 0. The van der Waals surface area contributed by atoms with Crippen molar-refractivity contribution >= 4 is 17.6 Å². The molecule has 4 heteroatoms. The fourth-order valence-electron chi connectivity index (χ4n) is 1.21. The first-order valence-electron chi connectivity index (χ1n) is 3.27. The van der Waals surface area contributed by atoms with E-state index in [1.165, 1.54) is 5.56 Å². The summed E-state index contributed by atoms with van der Waals surface area (Å²) in [5.74, 6) is 1.12. The molecule has 1 aromatic heterocycles. The van der Waals surface area contributed by atoms with E-state index in [0.29, 0.717) is 0 Å². The van der Waals surface area contributed by atoms with Crippen LogP contribution in [0.3, 0.4) is 0 Å². The molecule has 0 aromatic carbocycles. The van der Waals surface area contributed by atoms with E-state index in [4.69, 9.17) is 0 Å². The van der Waals surface area contributed by atoms with E-state index in [0.717, 1.165) is 23.8 Å². The molecule has 0 spiro atoms. The molecule has 0 saturated carbocycles. The van der Waals surface area contributed by atoms with E-state index in [-0.39, 0.29) is 0 Å². The second-order valence-electron chi connectivity index (χ2n) is 2.26. The molecule has 1 aliphatic rings. The van der Waals surface area contributed by atoms with Crippen molar-refractivity contribution in [1.82, 2.24) is 10.2 Å². The summed E-state index contributed by atoms with van der Waals surface area (Å²) in [6.07, 6.45) is 3.16. The summed E-state index contributed by atoms with van der Waals surface area (Å²) in [5.41, 5.74) is 1.35. The van der Waals surface area contributed by atoms with Crippen LogP contribution >= 0.6 is 11.8 Å². The number of fused-ring (bicyclic) bond motifs is 1. The van der Waals surface area contributed by atoms with Crippen molar-refractivity contribution in [1.29, 1.82) is 0 Å². The third-order valence-electron chi connectivity index (χ3n) is 1.70. The lowest BCUT2D eigenvalue weighted by molar-refractivity contribution is 0.949. The van der Waals surface area contributed by atoms with Gasteiger partial charge in [0.05, 0.1) is 0 Å². The molecule has 2 N–H and O–H groups in total. The number of thioether (sulfide) groups is 1. The third-order valence-corrected chi connectivity index (χ3v) is 2.42. The minimum atomic E-state index is 1.05. The van der Waals surface area contributed by atoms with Gasteiger partial charge in [-0.25, -0.2) is 0 Å². The fourth-order valence-corrected chi connectivity index (χ4v) is 1.80. The van der Waals surface area contributed by atoms with Crippen LogP contribution in [0.5, 0.6) is 0 Å². The lowest BCUT2D eigenvalue weighted by atomic mass is 10.3. The Morgan fingerprint density at radius 2 is 2.50 bits per heavy atom. The molecule has 0 unspecified atom stereocenters. The summed E-state index contributed by atoms with van der Waals surface area (Å²) >= 11 is 1.70. The van der Waals surface area contributed by atoms with E-state index >= 15 is 0 Å². The zero-order chi connectivity index (χ0) is 6.97. The molecule has 0 radical (unpaired) electrons. The Morgan fingerprint density at radius 1 is 1.60 bits per heavy atom. The van der Waals surface area contributed by atoms with Crippen molar-refractivity contribution < 1.29 is 0 Å². The maximum absolute atomic E-state index is 4.13. The van der Waals surface area contributed by atoms with E-state index in [9.17, 15) is 0 Å². The molecule has 2 rings (SSSR count). The van der Waals surface area contributed by atoms with Gasteiger partial charge in [0, 0.05) is 12.1 Å². The third kappa shape index (κ3) is 0.718. The van der Waals surface area contributed by atoms with Gasteiger partial charge in [-0.1, -0.05) is 0 Å². The predicted octanol–water partition coefficient (Wildman–Crippen LogP) is 1.10. The Hall–Kier alpha value is -0.640. The number of hydrogen-bond acceptors (Lipinski definition) is 3. The number of aromatic nitrogens is 2. The normalized spacial score (nSPS) is 14.9. The van der Waals surface area contributed by atoms with Crippen molar-refractivity contribution in [2.45, 2.75) is 11.4 Å². The van der Waals surface area contributed by atoms with Crippen LogP contribution in [0.1, 0.15) is 5.56 Å². The van der Waals surface area contributed by atoms with Crippen LogP contribution in [0.4, 0.5) is 5.82 Å². The first-order valence-corrected chi connectivity index (χ1v) is 4.49. The van der Waals surface area contributed by atoms with Crippen molar-refractivity contribution in [3.05, 3.63) is 5.56 Å². The van der Waals surface area contributed by atoms with Crippen LogP contribution in [0, 0.1) is 0 Å². The number of rotatable bonds is 1. The second kappa shape index (κ2) is 2.20. The van der Waals surface area contributed by atoms with Crippen molar-refractivity contribution in [3.63, 3.8) is 0 Å². The van der Waals surface area contributed by atoms with Crippen LogP contribution in [0.2, 0.25) is 0 Å². The predicted molar refractivity (Wildman–Crippen MR) is 42.6 cm³/mol. The molecule has 0 aliphatic carbocycles. The Balaban J connectivity index is 2.44. The van der Waals surface area contributed by atoms with E-state index in [2.05, 4.69) is 21.8 Å². The van der Waals surface area contributed by atoms with E-state index < -0.39 is 0 Å². The Kier molecular flexibility index (Phi) is 1.34. The quantitative estimate of drug-likeness (QED) is 0.597. The van der Waals surface area contributed by atoms with Gasteiger partial charge < -0.3 is 5.32 Å². The van der Waals surface area contributed by atoms with Crippen molar-refractivity contribution in [3.8, 4) is 0 Å². The van der Waals surface area contributed by atoms with Gasteiger partial charge in [-0.05, 0) is 12.7 Å². The highest BCUT2D eigenvalue weighted by Crippen LogP contribution is 2.27. The number of hydrogen-bond donors (Lipinski definition) is 2. The smallest absolute Gasteiger partial charge is 0.125 e. The van der Waals surface area contributed by atoms with Crippen LogP contribution < -0.4 is 5.32 Å². The van der Waals surface area contributed by atoms with E-state index in [1.807, 2.05) is 0 Å². The second-order valence-corrected chi connectivity index (χ2v) is 3.06. The summed E-state index contributed by atoms with van der Waals surface area (Å²) in [4.78, 5) is 0. The fraction of sp³-hybridized carbons (Fsp3) is 0.500. The maximum Gasteiger partial charge on any atom is 0.125 e. The van der Waals surface area contributed by atoms with E-state index in [1.54, 1.807) is 11.8 Å². The molecule has 10 heavy (non-hydrogen) atoms. The molecule has 0 fully saturated rings. The van der Waals surface area contributed by atoms with Gasteiger partial charge in [0.2, 0.25) is 0 Å². The molecule has 2 heterocycles. The van der Waals surface area contributed by atoms with Crippen LogP contribution in [-0.4, -0.2) is 23.0 Å². The monoisotopic (exact) mass is 155 g/mol. The first-order chi connectivity index (χ1) is 4.92. The number of H-pyrrole nitrogens is 1. The highest BCUT2D eigenvalue weighted by molar-refractivity contribution is 7.98. The van der Waals surface area contributed by atoms with Crippen LogP contribution in [0.15, 0.2) is 5.03 Å². The summed E-state index contributed by atoms with van der Waals surface area (Å²) in [5, 5.41) is 11.4. The highest BCUT2D eigenvalue weighted by Gasteiger charge is 2.16. The summed E-state index contributed by atoms with van der Waals surface area (Å²) in [6, 6.07) is 0. The van der Waals surface area contributed by atoms with Crippen molar-refractivity contribution in [2.75, 3.05) is 18.1 Å². The largest absolute Gasteiger partial charge is 0.370 e. The molecular weight excluding hydrogens is 146 g/mol. The van der Waals surface area contributed by atoms with Gasteiger partial charge >= 0.3 is 0 Å². The number of nitrogens with one attached hydrogen (secondary N) is 2. The Labute approximate surface area is 63.6 Å². The molecule has 0 atom stereocenters. The number of nitrogens with zero attached hydrogens (tertiary/aromatic N) is 1. The zero-order valence-corrected chi connectivity index (χ0v) is 6.59. The standard InChI is InChI=1S/C6H9N3S/c1-10-6-4-2-3-7-5(4)8-9-6/h2-3H2,1H3,(H2,7,8,9). The number of aromatic amines is 1. The minimum absolute atomic E-state index is 1.05. The summed E-state index contributed by atoms with van der Waals surface area (Å²) in [7, 11) is 0. The zero-order valence-electron chi connectivity index (χ0n) is 5.77. The SMILES string of the molecule is CSc1n[nH]c2c1CCN2. The lowest BCUT2D eigenvalue weighted by Crippen LogP contribution is -1.94.